The number of hydrogen-bond donors (Lipinski definition) is 3. The largest absolute Gasteiger partial charge is 0.478 e. The van der Waals surface area contributed by atoms with Crippen LogP contribution in [0.15, 0.2) is 24.4 Å². The van der Waals surface area contributed by atoms with E-state index in [0.29, 0.717) is 5.56 Å². The van der Waals surface area contributed by atoms with Crippen molar-refractivity contribution in [2.24, 2.45) is 0 Å². The van der Waals surface area contributed by atoms with Crippen LogP contribution in [-0.2, 0) is 15.0 Å². The molecule has 1 aliphatic rings. The first-order valence-corrected chi connectivity index (χ1v) is 7.10. The van der Waals surface area contributed by atoms with Crippen LogP contribution in [0.5, 0.6) is 0 Å². The maximum Gasteiger partial charge on any atom is 0.328 e. The zero-order valence-electron chi connectivity index (χ0n) is 9.91. The molecule has 0 spiro atoms. The van der Waals surface area contributed by atoms with E-state index in [4.69, 9.17) is 5.11 Å². The minimum Gasteiger partial charge on any atom is -0.478 e. The molecule has 0 aromatic carbocycles. The van der Waals surface area contributed by atoms with Gasteiger partial charge in [-0.2, -0.15) is 13.1 Å². The van der Waals surface area contributed by atoms with E-state index >= 15 is 0 Å². The molecule has 2 rings (SSSR count). The van der Waals surface area contributed by atoms with Gasteiger partial charge in [-0.3, -0.25) is 4.72 Å². The molecule has 1 fully saturated rings. The number of carboxylic acid groups (broad SMARTS) is 1. The second-order valence-electron chi connectivity index (χ2n) is 4.14. The maximum atomic E-state index is 11.7. The van der Waals surface area contributed by atoms with Crippen molar-refractivity contribution in [3.05, 3.63) is 30.0 Å². The minimum absolute atomic E-state index is 0.00703. The molecule has 0 saturated heterocycles. The fourth-order valence-corrected chi connectivity index (χ4v) is 2.48. The van der Waals surface area contributed by atoms with Gasteiger partial charge in [0, 0.05) is 18.3 Å². The molecule has 0 amide bonds. The fourth-order valence-electron chi connectivity index (χ4n) is 1.36. The summed E-state index contributed by atoms with van der Waals surface area (Å²) in [5.74, 6) is -0.935. The normalized spacial score (nSPS) is 15.6. The summed E-state index contributed by atoms with van der Waals surface area (Å²) >= 11 is 0. The number of nitrogens with one attached hydrogen (secondary N) is 2. The van der Waals surface area contributed by atoms with Crippen molar-refractivity contribution in [2.75, 3.05) is 4.72 Å². The number of carboxylic acids is 1. The van der Waals surface area contributed by atoms with Gasteiger partial charge in [0.05, 0.1) is 0 Å². The van der Waals surface area contributed by atoms with Crippen LogP contribution in [0.1, 0.15) is 18.4 Å². The first kappa shape index (κ1) is 13.5. The molecule has 0 unspecified atom stereocenters. The number of carbonyl (C=O) groups is 1. The van der Waals surface area contributed by atoms with Crippen LogP contribution in [0.3, 0.4) is 0 Å². The highest BCUT2D eigenvalue weighted by molar-refractivity contribution is 7.90. The molecule has 0 radical (unpaired) electrons. The lowest BCUT2D eigenvalue weighted by atomic mass is 10.2. The monoisotopic (exact) mass is 283 g/mol. The molecule has 0 bridgehead atoms. The lowest BCUT2D eigenvalue weighted by molar-refractivity contribution is -0.131. The second-order valence-corrected chi connectivity index (χ2v) is 5.59. The highest BCUT2D eigenvalue weighted by atomic mass is 32.2. The number of anilines is 1. The maximum absolute atomic E-state index is 11.7. The molecule has 3 N–H and O–H groups in total. The van der Waals surface area contributed by atoms with Crippen molar-refractivity contribution in [1.29, 1.82) is 0 Å². The average Bonchev–Trinajstić information content (AvgIpc) is 3.09. The molecular formula is C11H13N3O4S. The molecule has 0 aliphatic heterocycles. The molecule has 102 valence electrons. The number of pyridine rings is 1. The Morgan fingerprint density at radius 2 is 2.21 bits per heavy atom. The van der Waals surface area contributed by atoms with Crippen molar-refractivity contribution in [3.8, 4) is 0 Å². The summed E-state index contributed by atoms with van der Waals surface area (Å²) in [5, 5.41) is 8.51. The first-order chi connectivity index (χ1) is 8.94. The molecule has 1 heterocycles. The van der Waals surface area contributed by atoms with Gasteiger partial charge < -0.3 is 5.11 Å². The van der Waals surface area contributed by atoms with Crippen LogP contribution in [0.4, 0.5) is 5.82 Å². The Bertz CT molecular complexity index is 608. The molecule has 19 heavy (non-hydrogen) atoms. The van der Waals surface area contributed by atoms with Gasteiger partial charge in [0.2, 0.25) is 0 Å². The topological polar surface area (TPSA) is 108 Å². The van der Waals surface area contributed by atoms with E-state index in [-0.39, 0.29) is 11.9 Å². The SMILES string of the molecule is O=C(O)/C=C/c1ccnc(NS(=O)(=O)NC2CC2)c1. The Morgan fingerprint density at radius 3 is 2.84 bits per heavy atom. The number of rotatable bonds is 6. The molecule has 1 aliphatic carbocycles. The Kier molecular flexibility index (Phi) is 3.82. The quantitative estimate of drug-likeness (QED) is 0.662. The summed E-state index contributed by atoms with van der Waals surface area (Å²) in [6, 6.07) is 3.03. The van der Waals surface area contributed by atoms with Crippen molar-refractivity contribution >= 4 is 28.1 Å². The van der Waals surface area contributed by atoms with Crippen LogP contribution >= 0.6 is 0 Å². The van der Waals surface area contributed by atoms with E-state index in [0.717, 1.165) is 18.9 Å². The number of aliphatic carboxylic acids is 1. The molecule has 8 heteroatoms. The standard InChI is InChI=1S/C11H13N3O4S/c15-11(16)4-1-8-5-6-12-10(7-8)14-19(17,18)13-9-2-3-9/h1,4-7,9,13H,2-3H2,(H,12,14)(H,15,16)/b4-1+. The summed E-state index contributed by atoms with van der Waals surface area (Å²) in [6.07, 6.45) is 5.41. The van der Waals surface area contributed by atoms with Crippen LogP contribution in [0.25, 0.3) is 6.08 Å². The highest BCUT2D eigenvalue weighted by Gasteiger charge is 2.26. The Labute approximate surface area is 110 Å². The van der Waals surface area contributed by atoms with Crippen molar-refractivity contribution in [1.82, 2.24) is 9.71 Å². The van der Waals surface area contributed by atoms with Crippen LogP contribution in [0, 0.1) is 0 Å². The summed E-state index contributed by atoms with van der Waals surface area (Å²) in [4.78, 5) is 14.3. The van der Waals surface area contributed by atoms with E-state index in [1.807, 2.05) is 0 Å². The first-order valence-electron chi connectivity index (χ1n) is 5.62. The molecule has 0 atom stereocenters. The van der Waals surface area contributed by atoms with Gasteiger partial charge >= 0.3 is 16.2 Å². The zero-order chi connectivity index (χ0) is 13.9. The zero-order valence-corrected chi connectivity index (χ0v) is 10.7. The molecule has 1 saturated carbocycles. The van der Waals surface area contributed by atoms with Crippen molar-refractivity contribution < 1.29 is 18.3 Å². The van der Waals surface area contributed by atoms with Crippen molar-refractivity contribution in [2.45, 2.75) is 18.9 Å². The minimum atomic E-state index is -3.62. The molecule has 1 aromatic rings. The van der Waals surface area contributed by atoms with E-state index in [2.05, 4.69) is 14.4 Å². The molecule has 7 nitrogen and oxygen atoms in total. The van der Waals surface area contributed by atoms with E-state index in [1.54, 1.807) is 6.07 Å². The second kappa shape index (κ2) is 5.37. The molecule has 1 aromatic heterocycles. The van der Waals surface area contributed by atoms with Gasteiger partial charge in [-0.1, -0.05) is 0 Å². The van der Waals surface area contributed by atoms with Crippen LogP contribution in [0.2, 0.25) is 0 Å². The predicted molar refractivity (Wildman–Crippen MR) is 69.6 cm³/mol. The highest BCUT2D eigenvalue weighted by Crippen LogP contribution is 2.20. The van der Waals surface area contributed by atoms with E-state index in [9.17, 15) is 13.2 Å². The van der Waals surface area contributed by atoms with Crippen LogP contribution in [-0.4, -0.2) is 30.5 Å². The number of nitrogens with zero attached hydrogens (tertiary/aromatic N) is 1. The summed E-state index contributed by atoms with van der Waals surface area (Å²) in [6.45, 7) is 0. The van der Waals surface area contributed by atoms with E-state index in [1.165, 1.54) is 18.3 Å². The van der Waals surface area contributed by atoms with Gasteiger partial charge in [0.1, 0.15) is 5.82 Å². The third-order valence-corrected chi connectivity index (χ3v) is 3.46. The molecular weight excluding hydrogens is 270 g/mol. The van der Waals surface area contributed by atoms with E-state index < -0.39 is 16.2 Å². The van der Waals surface area contributed by atoms with Gasteiger partial charge in [-0.05, 0) is 36.6 Å². The lowest BCUT2D eigenvalue weighted by Crippen LogP contribution is -2.32. The Morgan fingerprint density at radius 1 is 1.47 bits per heavy atom. The predicted octanol–water partition coefficient (Wildman–Crippen LogP) is 0.588. The van der Waals surface area contributed by atoms with Crippen molar-refractivity contribution in [3.63, 3.8) is 0 Å². The number of hydrogen-bond acceptors (Lipinski definition) is 4. The van der Waals surface area contributed by atoms with Crippen LogP contribution < -0.4 is 9.44 Å². The third kappa shape index (κ3) is 4.68. The Balaban J connectivity index is 2.07. The van der Waals surface area contributed by atoms with Gasteiger partial charge in [-0.15, -0.1) is 0 Å². The smallest absolute Gasteiger partial charge is 0.328 e. The summed E-state index contributed by atoms with van der Waals surface area (Å²) < 4.78 is 28.1. The summed E-state index contributed by atoms with van der Waals surface area (Å²) in [7, 11) is -3.62. The number of aromatic nitrogens is 1. The van der Waals surface area contributed by atoms with Gasteiger partial charge in [0.25, 0.3) is 0 Å². The summed E-state index contributed by atoms with van der Waals surface area (Å²) in [5.41, 5.74) is 0.543. The average molecular weight is 283 g/mol. The lowest BCUT2D eigenvalue weighted by Gasteiger charge is -2.07. The van der Waals surface area contributed by atoms with Gasteiger partial charge in [0.15, 0.2) is 0 Å². The Hall–Kier alpha value is -1.93. The van der Waals surface area contributed by atoms with Gasteiger partial charge in [-0.25, -0.2) is 9.78 Å². The fraction of sp³-hybridized carbons (Fsp3) is 0.273. The third-order valence-electron chi connectivity index (χ3n) is 2.34.